The molecule has 0 saturated heterocycles. The molecule has 0 saturated carbocycles. The number of halogens is 1. The van der Waals surface area contributed by atoms with Crippen LogP contribution in [0.15, 0.2) is 74.4 Å². The second-order valence-electron chi connectivity index (χ2n) is 5.18. The predicted molar refractivity (Wildman–Crippen MR) is 97.6 cm³/mol. The summed E-state index contributed by atoms with van der Waals surface area (Å²) in [6.45, 7) is 1.94. The van der Waals surface area contributed by atoms with Crippen molar-refractivity contribution in [3.8, 4) is 0 Å². The van der Waals surface area contributed by atoms with E-state index in [0.29, 0.717) is 0 Å². The highest BCUT2D eigenvalue weighted by Crippen LogP contribution is 2.22. The largest absolute Gasteiger partial charge is 0.282 e. The maximum Gasteiger partial charge on any atom is 0.282 e. The first-order valence-electron chi connectivity index (χ1n) is 7.02. The number of hydrogen-bond donors (Lipinski definition) is 0. The van der Waals surface area contributed by atoms with Crippen LogP contribution in [0.3, 0.4) is 0 Å². The zero-order valence-corrected chi connectivity index (χ0v) is 14.8. The maximum absolute atomic E-state index is 12.4. The molecule has 0 aliphatic heterocycles. The quantitative estimate of drug-likeness (QED) is 0.610. The number of rotatable bonds is 3. The highest BCUT2D eigenvalue weighted by Gasteiger charge is 2.12. The fourth-order valence-corrected chi connectivity index (χ4v) is 3.48. The number of benzene rings is 3. The summed E-state index contributed by atoms with van der Waals surface area (Å²) in [5.41, 5.74) is 1.81. The normalized spacial score (nSPS) is 12.1. The molecule has 0 aromatic heterocycles. The lowest BCUT2D eigenvalue weighted by Crippen LogP contribution is -1.99. The van der Waals surface area contributed by atoms with E-state index < -0.39 is 10.0 Å². The van der Waals surface area contributed by atoms with E-state index in [0.717, 1.165) is 26.4 Å². The Bertz CT molecular complexity index is 993. The van der Waals surface area contributed by atoms with Crippen molar-refractivity contribution < 1.29 is 8.42 Å². The molecule has 0 fully saturated rings. The van der Waals surface area contributed by atoms with E-state index in [-0.39, 0.29) is 4.90 Å². The molecule has 0 atom stereocenters. The molecule has 3 rings (SSSR count). The average molecular weight is 388 g/mol. The molecule has 0 aliphatic carbocycles. The Kier molecular flexibility index (Phi) is 4.33. The minimum absolute atomic E-state index is 0.176. The third kappa shape index (κ3) is 3.35. The topological polar surface area (TPSA) is 46.5 Å². The van der Waals surface area contributed by atoms with Gasteiger partial charge >= 0.3 is 0 Å². The van der Waals surface area contributed by atoms with Crippen molar-refractivity contribution >= 4 is 42.9 Å². The van der Waals surface area contributed by atoms with Gasteiger partial charge in [-0.05, 0) is 47.5 Å². The van der Waals surface area contributed by atoms with E-state index in [1.165, 1.54) is 18.3 Å². The number of nitrogens with zero attached hydrogens (tertiary/aromatic N) is 1. The van der Waals surface area contributed by atoms with Crippen molar-refractivity contribution in [1.82, 2.24) is 0 Å². The van der Waals surface area contributed by atoms with Crippen LogP contribution in [0.2, 0.25) is 0 Å². The number of hydrogen-bond acceptors (Lipinski definition) is 2. The van der Waals surface area contributed by atoms with Gasteiger partial charge in [-0.15, -0.1) is 0 Å². The lowest BCUT2D eigenvalue weighted by Gasteiger charge is -2.06. The molecule has 0 heterocycles. The zero-order chi connectivity index (χ0) is 16.4. The summed E-state index contributed by atoms with van der Waals surface area (Å²) in [6.07, 6.45) is 1.44. The number of sulfonamides is 1. The highest BCUT2D eigenvalue weighted by molar-refractivity contribution is 9.10. The molecule has 3 aromatic rings. The van der Waals surface area contributed by atoms with E-state index in [1.54, 1.807) is 12.1 Å². The maximum atomic E-state index is 12.4. The lowest BCUT2D eigenvalue weighted by atomic mass is 10.0. The molecule has 3 nitrogen and oxygen atoms in total. The first kappa shape index (κ1) is 15.9. The average Bonchev–Trinajstić information content (AvgIpc) is 2.54. The summed E-state index contributed by atoms with van der Waals surface area (Å²) in [4.78, 5) is 0.176. The summed E-state index contributed by atoms with van der Waals surface area (Å²) in [5, 5.41) is 2.04. The molecular weight excluding hydrogens is 374 g/mol. The second kappa shape index (κ2) is 6.26. The van der Waals surface area contributed by atoms with Gasteiger partial charge in [0, 0.05) is 16.3 Å². The second-order valence-corrected chi connectivity index (χ2v) is 7.73. The van der Waals surface area contributed by atoms with Gasteiger partial charge in [0.05, 0.1) is 4.90 Å². The van der Waals surface area contributed by atoms with E-state index in [2.05, 4.69) is 20.3 Å². The van der Waals surface area contributed by atoms with E-state index in [4.69, 9.17) is 0 Å². The highest BCUT2D eigenvalue weighted by atomic mass is 79.9. The van der Waals surface area contributed by atoms with Gasteiger partial charge in [-0.2, -0.15) is 12.8 Å². The molecule has 0 radical (unpaired) electrons. The van der Waals surface area contributed by atoms with Gasteiger partial charge in [-0.1, -0.05) is 52.3 Å². The van der Waals surface area contributed by atoms with E-state index in [1.807, 2.05) is 43.3 Å². The summed E-state index contributed by atoms with van der Waals surface area (Å²) in [5.74, 6) is 0. The number of fused-ring (bicyclic) bond motifs is 1. The van der Waals surface area contributed by atoms with Gasteiger partial charge in [-0.25, -0.2) is 0 Å². The molecule has 0 amide bonds. The first-order valence-corrected chi connectivity index (χ1v) is 9.25. The van der Waals surface area contributed by atoms with E-state index >= 15 is 0 Å². The Morgan fingerprint density at radius 1 is 0.957 bits per heavy atom. The van der Waals surface area contributed by atoms with Gasteiger partial charge in [0.1, 0.15) is 0 Å². The monoisotopic (exact) mass is 387 g/mol. The van der Waals surface area contributed by atoms with Crippen molar-refractivity contribution in [2.75, 3.05) is 0 Å². The summed E-state index contributed by atoms with van der Waals surface area (Å²) in [6, 6.07) is 18.3. The Balaban J connectivity index is 2.06. The molecule has 23 heavy (non-hydrogen) atoms. The molecule has 0 N–H and O–H groups in total. The van der Waals surface area contributed by atoms with Crippen LogP contribution in [0.5, 0.6) is 0 Å². The van der Waals surface area contributed by atoms with Gasteiger partial charge in [0.25, 0.3) is 10.0 Å². The van der Waals surface area contributed by atoms with Crippen molar-refractivity contribution in [2.45, 2.75) is 11.8 Å². The number of aryl methyl sites for hydroxylation is 1. The predicted octanol–water partition coefficient (Wildman–Crippen LogP) is 4.72. The fraction of sp³-hybridized carbons (Fsp3) is 0.0556. The fourth-order valence-electron chi connectivity index (χ4n) is 2.37. The third-order valence-corrected chi connectivity index (χ3v) is 5.40. The van der Waals surface area contributed by atoms with Crippen molar-refractivity contribution in [3.63, 3.8) is 0 Å². The minimum atomic E-state index is -3.71. The standard InChI is InChI=1S/C18H14BrNO2S/c1-13-6-7-14-4-2-3-5-17(14)18(13)12-20-23(21,22)16-10-8-15(19)9-11-16/h2-12H,1H3. The summed E-state index contributed by atoms with van der Waals surface area (Å²) < 4.78 is 29.4. The van der Waals surface area contributed by atoms with Crippen LogP contribution < -0.4 is 0 Å². The van der Waals surface area contributed by atoms with Gasteiger partial charge < -0.3 is 0 Å². The van der Waals surface area contributed by atoms with E-state index in [9.17, 15) is 8.42 Å². The molecular formula is C18H14BrNO2S. The van der Waals surface area contributed by atoms with Crippen LogP contribution >= 0.6 is 15.9 Å². The van der Waals surface area contributed by atoms with Crippen LogP contribution in [0, 0.1) is 6.92 Å². The lowest BCUT2D eigenvalue weighted by molar-refractivity contribution is 0.598. The molecule has 5 heteroatoms. The third-order valence-electron chi connectivity index (χ3n) is 3.62. The summed E-state index contributed by atoms with van der Waals surface area (Å²) >= 11 is 3.29. The van der Waals surface area contributed by atoms with Crippen LogP contribution in [0.4, 0.5) is 0 Å². The van der Waals surface area contributed by atoms with Crippen LogP contribution in [0.1, 0.15) is 11.1 Å². The Labute approximate surface area is 143 Å². The molecule has 3 aromatic carbocycles. The molecule has 0 spiro atoms. The van der Waals surface area contributed by atoms with Gasteiger partial charge in [0.2, 0.25) is 0 Å². The van der Waals surface area contributed by atoms with Crippen LogP contribution in [-0.4, -0.2) is 14.6 Å². The summed E-state index contributed by atoms with van der Waals surface area (Å²) in [7, 11) is -3.71. The zero-order valence-electron chi connectivity index (χ0n) is 12.4. The Morgan fingerprint density at radius 2 is 1.65 bits per heavy atom. The van der Waals surface area contributed by atoms with Gasteiger partial charge in [-0.3, -0.25) is 0 Å². The molecule has 0 aliphatic rings. The minimum Gasteiger partial charge on any atom is -0.199 e. The molecule has 0 bridgehead atoms. The van der Waals surface area contributed by atoms with Crippen molar-refractivity contribution in [3.05, 3.63) is 76.3 Å². The Morgan fingerprint density at radius 3 is 2.39 bits per heavy atom. The Hall–Kier alpha value is -1.98. The SMILES string of the molecule is Cc1ccc2ccccc2c1C=NS(=O)(=O)c1ccc(Br)cc1. The first-order chi connectivity index (χ1) is 11.0. The smallest absolute Gasteiger partial charge is 0.199 e. The van der Waals surface area contributed by atoms with Crippen LogP contribution in [-0.2, 0) is 10.0 Å². The van der Waals surface area contributed by atoms with Crippen LogP contribution in [0.25, 0.3) is 10.8 Å². The molecule has 116 valence electrons. The van der Waals surface area contributed by atoms with Crippen molar-refractivity contribution in [1.29, 1.82) is 0 Å². The van der Waals surface area contributed by atoms with Gasteiger partial charge in [0.15, 0.2) is 0 Å². The van der Waals surface area contributed by atoms with Crippen molar-refractivity contribution in [2.24, 2.45) is 4.40 Å². The molecule has 0 unspecified atom stereocenters.